The van der Waals surface area contributed by atoms with Gasteiger partial charge in [0.15, 0.2) is 5.78 Å². The Morgan fingerprint density at radius 2 is 0.786 bits per heavy atom. The molecule has 0 heterocycles. The minimum Gasteiger partial charge on any atom is -0.385 e. The van der Waals surface area contributed by atoms with Crippen LogP contribution in [0.15, 0.2) is 0 Å². The van der Waals surface area contributed by atoms with Gasteiger partial charge in [-0.3, -0.25) is 9.59 Å². The Hall–Kier alpha value is -0.900. The van der Waals surface area contributed by atoms with Crippen molar-refractivity contribution in [2.45, 2.75) is 219 Å². The summed E-state index contributed by atoms with van der Waals surface area (Å²) in [6.45, 7) is 7.84. The minimum absolute atomic E-state index is 0.0431. The van der Waals surface area contributed by atoms with Crippen LogP contribution in [0.4, 0.5) is 0 Å². The predicted octanol–water partition coefficient (Wildman–Crippen LogP) is 11.5. The minimum atomic E-state index is -0.925. The number of carbonyl (C=O) groups is 2. The lowest BCUT2D eigenvalue weighted by Crippen LogP contribution is -2.35. The third-order valence-corrected chi connectivity index (χ3v) is 8.91. The van der Waals surface area contributed by atoms with Crippen molar-refractivity contribution in [1.82, 2.24) is 4.90 Å². The number of ketones is 1. The second kappa shape index (κ2) is 33.0. The predicted molar refractivity (Wildman–Crippen MR) is 183 cm³/mol. The molecule has 0 saturated carbocycles. The maximum Gasteiger partial charge on any atom is 0.222 e. The van der Waals surface area contributed by atoms with Crippen LogP contribution in [0.5, 0.6) is 0 Å². The van der Waals surface area contributed by atoms with E-state index in [9.17, 15) is 14.7 Å². The van der Waals surface area contributed by atoms with E-state index in [1.165, 1.54) is 141 Å². The summed E-state index contributed by atoms with van der Waals surface area (Å²) in [4.78, 5) is 27.1. The Kier molecular flexibility index (Phi) is 32.3. The number of Topliss-reactive ketones (excluding diaryl/α,β-unsaturated/α-hetero) is 1. The highest BCUT2D eigenvalue weighted by atomic mass is 16.3. The summed E-state index contributed by atoms with van der Waals surface area (Å²) in [5.41, 5.74) is 0. The molecule has 1 atom stereocenters. The molecule has 0 aliphatic rings. The van der Waals surface area contributed by atoms with Gasteiger partial charge in [0.2, 0.25) is 5.91 Å². The van der Waals surface area contributed by atoms with Gasteiger partial charge in [-0.1, -0.05) is 175 Å². The molecule has 1 unspecified atom stereocenters. The average Bonchev–Trinajstić information content (AvgIpc) is 2.99. The molecule has 0 aromatic rings. The van der Waals surface area contributed by atoms with Crippen LogP contribution in [0, 0.1) is 0 Å². The first-order chi connectivity index (χ1) is 20.6. The fourth-order valence-corrected chi connectivity index (χ4v) is 6.01. The molecule has 1 amide bonds. The van der Waals surface area contributed by atoms with Crippen LogP contribution in [0.3, 0.4) is 0 Å². The van der Waals surface area contributed by atoms with E-state index >= 15 is 0 Å². The highest BCUT2D eigenvalue weighted by Crippen LogP contribution is 2.15. The van der Waals surface area contributed by atoms with Gasteiger partial charge in [0.25, 0.3) is 0 Å². The molecule has 0 aromatic heterocycles. The molecule has 0 aromatic carbocycles. The van der Waals surface area contributed by atoms with Crippen LogP contribution in [0.1, 0.15) is 213 Å². The van der Waals surface area contributed by atoms with Gasteiger partial charge in [-0.15, -0.1) is 0 Å². The Balaban J connectivity index is 3.77. The van der Waals surface area contributed by atoms with Crippen molar-refractivity contribution in [2.75, 3.05) is 13.1 Å². The Morgan fingerprint density at radius 1 is 0.452 bits per heavy atom. The lowest BCUT2D eigenvalue weighted by molar-refractivity contribution is -0.133. The molecule has 250 valence electrons. The summed E-state index contributed by atoms with van der Waals surface area (Å²) >= 11 is 0. The topological polar surface area (TPSA) is 57.6 Å². The van der Waals surface area contributed by atoms with Crippen LogP contribution in [0.25, 0.3) is 0 Å². The van der Waals surface area contributed by atoms with E-state index in [1.54, 1.807) is 0 Å². The Bertz CT molecular complexity index is 579. The Morgan fingerprint density at radius 3 is 1.14 bits per heavy atom. The number of hydrogen-bond donors (Lipinski definition) is 1. The van der Waals surface area contributed by atoms with Gasteiger partial charge in [0.1, 0.15) is 6.10 Å². The van der Waals surface area contributed by atoms with Crippen molar-refractivity contribution in [3.8, 4) is 0 Å². The molecule has 4 nitrogen and oxygen atoms in total. The zero-order valence-corrected chi connectivity index (χ0v) is 28.9. The fraction of sp³-hybridized carbons (Fsp3) is 0.947. The molecule has 0 aliphatic heterocycles. The van der Waals surface area contributed by atoms with Crippen LogP contribution in [-0.4, -0.2) is 40.9 Å². The first-order valence-electron chi connectivity index (χ1n) is 19.0. The number of nitrogens with zero attached hydrogens (tertiary/aromatic N) is 1. The van der Waals surface area contributed by atoms with E-state index < -0.39 is 6.10 Å². The van der Waals surface area contributed by atoms with Crippen LogP contribution in [-0.2, 0) is 9.59 Å². The van der Waals surface area contributed by atoms with Crippen molar-refractivity contribution in [3.05, 3.63) is 0 Å². The first-order valence-corrected chi connectivity index (χ1v) is 19.0. The normalized spacial score (nSPS) is 12.1. The molecular weight excluding hydrogens is 518 g/mol. The second-order valence-corrected chi connectivity index (χ2v) is 13.1. The SMILES string of the molecule is CCCCCCCCCCCCCCCC(=O)C(O)CCN(CCC)C(=O)CCCCCCCCCCCCCCC. The molecule has 0 radical (unpaired) electrons. The van der Waals surface area contributed by atoms with Gasteiger partial charge < -0.3 is 10.0 Å². The van der Waals surface area contributed by atoms with Gasteiger partial charge >= 0.3 is 0 Å². The van der Waals surface area contributed by atoms with E-state index in [2.05, 4.69) is 20.8 Å². The number of hydrogen-bond acceptors (Lipinski definition) is 3. The van der Waals surface area contributed by atoms with Crippen molar-refractivity contribution in [2.24, 2.45) is 0 Å². The summed E-state index contributed by atoms with van der Waals surface area (Å²) < 4.78 is 0. The Labute approximate surface area is 263 Å². The van der Waals surface area contributed by atoms with E-state index in [0.29, 0.717) is 25.8 Å². The van der Waals surface area contributed by atoms with Crippen molar-refractivity contribution < 1.29 is 14.7 Å². The highest BCUT2D eigenvalue weighted by Gasteiger charge is 2.18. The highest BCUT2D eigenvalue weighted by molar-refractivity contribution is 5.82. The zero-order chi connectivity index (χ0) is 30.9. The summed E-state index contributed by atoms with van der Waals surface area (Å²) in [6, 6.07) is 0. The summed E-state index contributed by atoms with van der Waals surface area (Å²) in [7, 11) is 0. The fourth-order valence-electron chi connectivity index (χ4n) is 6.01. The molecule has 0 saturated heterocycles. The van der Waals surface area contributed by atoms with Gasteiger partial charge in [-0.25, -0.2) is 0 Å². The number of aliphatic hydroxyl groups is 1. The first kappa shape index (κ1) is 41.1. The molecule has 42 heavy (non-hydrogen) atoms. The largest absolute Gasteiger partial charge is 0.385 e. The maximum atomic E-state index is 12.8. The van der Waals surface area contributed by atoms with Crippen LogP contribution < -0.4 is 0 Å². The molecule has 0 fully saturated rings. The van der Waals surface area contributed by atoms with Crippen molar-refractivity contribution in [1.29, 1.82) is 0 Å². The number of unbranched alkanes of at least 4 members (excludes halogenated alkanes) is 24. The van der Waals surface area contributed by atoms with E-state index in [4.69, 9.17) is 0 Å². The lowest BCUT2D eigenvalue weighted by Gasteiger charge is -2.23. The van der Waals surface area contributed by atoms with E-state index in [0.717, 1.165) is 38.6 Å². The number of aliphatic hydroxyl groups excluding tert-OH is 1. The smallest absolute Gasteiger partial charge is 0.222 e. The lowest BCUT2D eigenvalue weighted by atomic mass is 10.0. The van der Waals surface area contributed by atoms with Crippen LogP contribution in [0.2, 0.25) is 0 Å². The maximum absolute atomic E-state index is 12.8. The number of amides is 1. The molecule has 1 N–H and O–H groups in total. The number of rotatable bonds is 34. The van der Waals surface area contributed by atoms with Gasteiger partial charge in [-0.05, 0) is 25.7 Å². The quantitative estimate of drug-likeness (QED) is 0.0755. The monoisotopic (exact) mass is 594 g/mol. The third kappa shape index (κ3) is 27.9. The van der Waals surface area contributed by atoms with Crippen LogP contribution >= 0.6 is 0 Å². The standard InChI is InChI=1S/C38H75NO3/c1-4-7-9-11-13-15-17-19-21-23-25-27-29-31-36(40)37(41)33-35-39(34-6-3)38(42)32-30-28-26-24-22-20-18-16-14-12-10-8-5-2/h37,41H,4-35H2,1-3H3. The molecule has 4 heteroatoms. The summed E-state index contributed by atoms with van der Waals surface area (Å²) in [5, 5.41) is 10.4. The number of carbonyl (C=O) groups excluding carboxylic acids is 2. The molecule has 0 rings (SSSR count). The average molecular weight is 594 g/mol. The molecule has 0 bridgehead atoms. The molecule has 0 aliphatic carbocycles. The van der Waals surface area contributed by atoms with Crippen molar-refractivity contribution in [3.63, 3.8) is 0 Å². The zero-order valence-electron chi connectivity index (χ0n) is 28.9. The van der Waals surface area contributed by atoms with E-state index in [1.807, 2.05) is 4.90 Å². The van der Waals surface area contributed by atoms with Gasteiger partial charge in [0.05, 0.1) is 0 Å². The van der Waals surface area contributed by atoms with Gasteiger partial charge in [0, 0.05) is 25.9 Å². The summed E-state index contributed by atoms with van der Waals surface area (Å²) in [5.74, 6) is 0.148. The summed E-state index contributed by atoms with van der Waals surface area (Å²) in [6.07, 6.45) is 35.2. The van der Waals surface area contributed by atoms with Gasteiger partial charge in [-0.2, -0.15) is 0 Å². The van der Waals surface area contributed by atoms with E-state index in [-0.39, 0.29) is 11.7 Å². The van der Waals surface area contributed by atoms with Crippen molar-refractivity contribution >= 4 is 11.7 Å². The second-order valence-electron chi connectivity index (χ2n) is 13.1. The third-order valence-electron chi connectivity index (χ3n) is 8.91. The molecule has 0 spiro atoms. The molecular formula is C38H75NO3.